The molecular formula is C26H36F3N7O. The first-order valence-electron chi connectivity index (χ1n) is 13.0. The number of hydrogen-bond acceptors (Lipinski definition) is 7. The standard InChI is InChI=1S/C23H28F2N6O.C3H8FN/c24-21(25)22-27-17-8-4-5-9-18(17)31(22)20-14-19(30-10-12-32-13-11-30)28-23(29-20)26-15-16-6-2-1-3-7-16;1-3-5(2)4/h4-5,8-9,14,16,21H,1-3,6-7,10-13,15H2,(H,26,28,29);3H2,1-2H3. The fraction of sp³-hybridized carbons (Fsp3) is 0.577. The second kappa shape index (κ2) is 13.0. The monoisotopic (exact) mass is 519 g/mol. The predicted molar refractivity (Wildman–Crippen MR) is 139 cm³/mol. The van der Waals surface area contributed by atoms with Gasteiger partial charge in [0.25, 0.3) is 6.43 Å². The molecule has 1 aliphatic carbocycles. The van der Waals surface area contributed by atoms with Crippen molar-refractivity contribution in [3.8, 4) is 5.82 Å². The number of nitrogens with zero attached hydrogens (tertiary/aromatic N) is 6. The lowest BCUT2D eigenvalue weighted by Crippen LogP contribution is -2.37. The maximum absolute atomic E-state index is 13.9. The molecule has 1 N–H and O–H groups in total. The number of aromatic nitrogens is 4. The number of ether oxygens (including phenoxy) is 1. The number of para-hydroxylation sites is 2. The van der Waals surface area contributed by atoms with Crippen LogP contribution in [-0.2, 0) is 4.74 Å². The van der Waals surface area contributed by atoms with Crippen molar-refractivity contribution < 1.29 is 18.0 Å². The van der Waals surface area contributed by atoms with E-state index < -0.39 is 6.43 Å². The summed E-state index contributed by atoms with van der Waals surface area (Å²) >= 11 is 0. The summed E-state index contributed by atoms with van der Waals surface area (Å²) < 4.78 is 46.1. The van der Waals surface area contributed by atoms with Crippen LogP contribution in [0, 0.1) is 5.92 Å². The van der Waals surface area contributed by atoms with E-state index in [9.17, 15) is 13.3 Å². The molecule has 0 amide bonds. The van der Waals surface area contributed by atoms with Crippen molar-refractivity contribution in [1.29, 1.82) is 0 Å². The van der Waals surface area contributed by atoms with Gasteiger partial charge in [-0.25, -0.2) is 13.8 Å². The van der Waals surface area contributed by atoms with E-state index in [1.165, 1.54) is 43.7 Å². The Labute approximate surface area is 215 Å². The molecule has 1 aromatic carbocycles. The van der Waals surface area contributed by atoms with Crippen LogP contribution < -0.4 is 10.2 Å². The van der Waals surface area contributed by atoms with Gasteiger partial charge in [0, 0.05) is 39.3 Å². The molecule has 8 nitrogen and oxygen atoms in total. The highest BCUT2D eigenvalue weighted by molar-refractivity contribution is 5.78. The number of imidazole rings is 1. The van der Waals surface area contributed by atoms with E-state index in [0.29, 0.717) is 72.5 Å². The van der Waals surface area contributed by atoms with Crippen LogP contribution in [-0.4, -0.2) is 71.1 Å². The molecule has 2 aliphatic rings. The van der Waals surface area contributed by atoms with Crippen LogP contribution in [0.25, 0.3) is 16.9 Å². The highest BCUT2D eigenvalue weighted by Gasteiger charge is 2.23. The number of morpholine rings is 1. The van der Waals surface area contributed by atoms with Crippen LogP contribution in [0.4, 0.5) is 25.0 Å². The molecule has 1 saturated heterocycles. The Balaban J connectivity index is 0.000000586. The van der Waals surface area contributed by atoms with Gasteiger partial charge in [-0.3, -0.25) is 4.57 Å². The number of halogens is 3. The Bertz CT molecular complexity index is 1130. The number of hydrogen-bond donors (Lipinski definition) is 1. The molecule has 0 spiro atoms. The van der Waals surface area contributed by atoms with Crippen LogP contribution in [0.1, 0.15) is 51.3 Å². The molecule has 0 unspecified atom stereocenters. The zero-order valence-corrected chi connectivity index (χ0v) is 21.5. The number of fused-ring (bicyclic) bond motifs is 1. The number of benzene rings is 1. The van der Waals surface area contributed by atoms with E-state index in [1.54, 1.807) is 31.2 Å². The van der Waals surface area contributed by atoms with Crippen molar-refractivity contribution in [1.82, 2.24) is 24.6 Å². The molecule has 202 valence electrons. The highest BCUT2D eigenvalue weighted by atomic mass is 19.3. The van der Waals surface area contributed by atoms with Crippen LogP contribution in [0.2, 0.25) is 0 Å². The summed E-state index contributed by atoms with van der Waals surface area (Å²) in [5.41, 5.74) is 1.12. The fourth-order valence-corrected chi connectivity index (χ4v) is 4.63. The molecule has 2 fully saturated rings. The zero-order chi connectivity index (χ0) is 26.2. The van der Waals surface area contributed by atoms with E-state index in [1.807, 2.05) is 6.07 Å². The van der Waals surface area contributed by atoms with Gasteiger partial charge in [0.05, 0.1) is 24.2 Å². The lowest BCUT2D eigenvalue weighted by Gasteiger charge is -2.28. The second-order valence-electron chi connectivity index (χ2n) is 9.41. The Hall–Kier alpha value is -2.92. The second-order valence-corrected chi connectivity index (χ2v) is 9.41. The third-order valence-electron chi connectivity index (χ3n) is 6.75. The van der Waals surface area contributed by atoms with Crippen molar-refractivity contribution in [2.24, 2.45) is 5.92 Å². The highest BCUT2D eigenvalue weighted by Crippen LogP contribution is 2.30. The van der Waals surface area contributed by atoms with Crippen molar-refractivity contribution in [3.63, 3.8) is 0 Å². The van der Waals surface area contributed by atoms with Crippen LogP contribution >= 0.6 is 0 Å². The van der Waals surface area contributed by atoms with Gasteiger partial charge in [-0.2, -0.15) is 9.97 Å². The molecule has 11 heteroatoms. The Kier molecular flexibility index (Phi) is 9.56. The summed E-state index contributed by atoms with van der Waals surface area (Å²) in [5, 5.41) is 4.02. The lowest BCUT2D eigenvalue weighted by molar-refractivity contribution is 0.0676. The molecule has 2 aromatic heterocycles. The van der Waals surface area contributed by atoms with E-state index >= 15 is 0 Å². The molecule has 3 aromatic rings. The minimum absolute atomic E-state index is 0.309. The van der Waals surface area contributed by atoms with Crippen molar-refractivity contribution >= 4 is 22.8 Å². The van der Waals surface area contributed by atoms with Crippen molar-refractivity contribution in [3.05, 3.63) is 36.2 Å². The van der Waals surface area contributed by atoms with Crippen molar-refractivity contribution in [2.45, 2.75) is 45.5 Å². The van der Waals surface area contributed by atoms with Gasteiger partial charge in [-0.05, 0) is 37.8 Å². The number of nitrogens with one attached hydrogen (secondary N) is 1. The predicted octanol–water partition coefficient (Wildman–Crippen LogP) is 5.40. The maximum Gasteiger partial charge on any atom is 0.296 e. The minimum Gasteiger partial charge on any atom is -0.378 e. The maximum atomic E-state index is 13.9. The van der Waals surface area contributed by atoms with Crippen LogP contribution in [0.5, 0.6) is 0 Å². The van der Waals surface area contributed by atoms with Crippen molar-refractivity contribution in [2.75, 3.05) is 56.7 Å². The van der Waals surface area contributed by atoms with Gasteiger partial charge in [-0.15, -0.1) is 9.60 Å². The Morgan fingerprint density at radius 3 is 2.41 bits per heavy atom. The average molecular weight is 520 g/mol. The third-order valence-corrected chi connectivity index (χ3v) is 6.75. The molecule has 3 heterocycles. The van der Waals surface area contributed by atoms with Gasteiger partial charge >= 0.3 is 0 Å². The summed E-state index contributed by atoms with van der Waals surface area (Å²) in [6.45, 7) is 5.63. The summed E-state index contributed by atoms with van der Waals surface area (Å²) in [7, 11) is 1.39. The quantitative estimate of drug-likeness (QED) is 0.419. The Morgan fingerprint density at radius 1 is 1.05 bits per heavy atom. The van der Waals surface area contributed by atoms with Gasteiger partial charge in [0.2, 0.25) is 5.95 Å². The molecule has 5 rings (SSSR count). The summed E-state index contributed by atoms with van der Waals surface area (Å²) in [4.78, 5) is 15.7. The van der Waals surface area contributed by atoms with Gasteiger partial charge in [0.1, 0.15) is 11.6 Å². The molecule has 0 radical (unpaired) electrons. The summed E-state index contributed by atoms with van der Waals surface area (Å²) in [5.74, 6) is 1.86. The fourth-order valence-electron chi connectivity index (χ4n) is 4.63. The molecular weight excluding hydrogens is 483 g/mol. The zero-order valence-electron chi connectivity index (χ0n) is 21.5. The smallest absolute Gasteiger partial charge is 0.296 e. The number of anilines is 2. The summed E-state index contributed by atoms with van der Waals surface area (Å²) in [6.07, 6.45) is 3.49. The largest absolute Gasteiger partial charge is 0.378 e. The normalized spacial score (nSPS) is 16.8. The van der Waals surface area contributed by atoms with Crippen LogP contribution in [0.15, 0.2) is 30.3 Å². The minimum atomic E-state index is -2.72. The molecule has 37 heavy (non-hydrogen) atoms. The first kappa shape index (κ1) is 27.1. The average Bonchev–Trinajstić information content (AvgIpc) is 3.33. The van der Waals surface area contributed by atoms with Gasteiger partial charge in [0.15, 0.2) is 5.82 Å². The van der Waals surface area contributed by atoms with E-state index in [0.717, 1.165) is 6.54 Å². The molecule has 0 atom stereocenters. The first-order chi connectivity index (χ1) is 18.0. The topological polar surface area (TPSA) is 71.3 Å². The van der Waals surface area contributed by atoms with Crippen LogP contribution in [0.3, 0.4) is 0 Å². The van der Waals surface area contributed by atoms with E-state index in [2.05, 4.69) is 20.2 Å². The third kappa shape index (κ3) is 7.10. The SMILES string of the molecule is CCN(C)F.FC(F)c1nc2ccccc2n1-c1cc(N2CCOCC2)nc(NCC2CCCCC2)n1. The first-order valence-corrected chi connectivity index (χ1v) is 13.0. The van der Waals surface area contributed by atoms with Gasteiger partial charge < -0.3 is 15.0 Å². The summed E-state index contributed by atoms with van der Waals surface area (Å²) in [6, 6.07) is 8.92. The Morgan fingerprint density at radius 2 is 1.73 bits per heavy atom. The lowest BCUT2D eigenvalue weighted by atomic mass is 9.89. The number of alkyl halides is 2. The van der Waals surface area contributed by atoms with E-state index in [-0.39, 0.29) is 5.82 Å². The molecule has 1 saturated carbocycles. The van der Waals surface area contributed by atoms with E-state index in [4.69, 9.17) is 9.72 Å². The molecule has 0 bridgehead atoms. The number of rotatable bonds is 7. The van der Waals surface area contributed by atoms with Gasteiger partial charge in [-0.1, -0.05) is 31.4 Å². The molecule has 1 aliphatic heterocycles.